The molecule has 2 heterocycles. The van der Waals surface area contributed by atoms with Crippen molar-refractivity contribution in [3.05, 3.63) is 52.3 Å². The number of allylic oxidation sites excluding steroid dienone is 2. The molecule has 0 radical (unpaired) electrons. The molecule has 192 valence electrons. The van der Waals surface area contributed by atoms with Gasteiger partial charge in [0, 0.05) is 36.3 Å². The second kappa shape index (κ2) is 10.8. The summed E-state index contributed by atoms with van der Waals surface area (Å²) in [6.07, 6.45) is 13.4. The number of nitrogens with zero attached hydrogens (tertiary/aromatic N) is 3. The fourth-order valence-corrected chi connectivity index (χ4v) is 5.95. The third-order valence-corrected chi connectivity index (χ3v) is 8.17. The number of hydrogen-bond acceptors (Lipinski definition) is 5. The summed E-state index contributed by atoms with van der Waals surface area (Å²) in [5, 5.41) is 12.9. The topological polar surface area (TPSA) is 105 Å². The highest BCUT2D eigenvalue weighted by atomic mass is 32.1. The first-order chi connectivity index (χ1) is 17.2. The maximum Gasteiger partial charge on any atom is 0.348 e. The fraction of sp³-hybridized carbons (Fsp3) is 0.481. The summed E-state index contributed by atoms with van der Waals surface area (Å²) < 4.78 is 1.67. The number of anilines is 1. The number of carboxylic acids is 1. The maximum absolute atomic E-state index is 13.5. The predicted molar refractivity (Wildman–Crippen MR) is 141 cm³/mol. The van der Waals surface area contributed by atoms with E-state index in [1.54, 1.807) is 28.9 Å². The molecule has 4 rings (SSSR count). The van der Waals surface area contributed by atoms with Crippen LogP contribution in [0.15, 0.2) is 36.7 Å². The molecule has 0 saturated heterocycles. The Morgan fingerprint density at radius 2 is 1.94 bits per heavy atom. The number of rotatable bonds is 7. The largest absolute Gasteiger partial charge is 0.477 e. The standard InChI is InChI=1S/C27H34N4O4S/c1-16(2)31(26(33)19-7-5-17(3)6-8-19)21-15-22(36-23(21)27(34)35)18-9-11-20(12-10-18)29-25(32)24-28-13-14-30(24)4/h9-11,13-17,19-20H,5-8,12H2,1-4H3,(H,29,32)(H,34,35)/t17-,19-,20?. The molecule has 8 nitrogen and oxygen atoms in total. The number of aromatic carboxylic acids is 1. The van der Waals surface area contributed by atoms with E-state index in [0.717, 1.165) is 36.1 Å². The molecule has 9 heteroatoms. The van der Waals surface area contributed by atoms with Crippen molar-refractivity contribution < 1.29 is 19.5 Å². The molecule has 2 aromatic rings. The van der Waals surface area contributed by atoms with Crippen LogP contribution in [0.2, 0.25) is 0 Å². The number of nitrogens with one attached hydrogen (secondary N) is 1. The Balaban J connectivity index is 1.53. The first-order valence-electron chi connectivity index (χ1n) is 12.5. The van der Waals surface area contributed by atoms with Crippen LogP contribution in [-0.2, 0) is 11.8 Å². The number of carbonyl (C=O) groups is 3. The number of thiophene rings is 1. The normalized spacial score (nSPS) is 21.8. The molecule has 1 unspecified atom stereocenters. The van der Waals surface area contributed by atoms with E-state index in [9.17, 15) is 19.5 Å². The molecule has 2 aromatic heterocycles. The van der Waals surface area contributed by atoms with Gasteiger partial charge in [0.05, 0.1) is 11.7 Å². The van der Waals surface area contributed by atoms with Crippen LogP contribution in [-0.4, -0.2) is 44.5 Å². The molecule has 2 amide bonds. The summed E-state index contributed by atoms with van der Waals surface area (Å²) in [7, 11) is 1.77. The number of carboxylic acid groups (broad SMARTS) is 1. The molecule has 36 heavy (non-hydrogen) atoms. The predicted octanol–water partition coefficient (Wildman–Crippen LogP) is 4.89. The van der Waals surface area contributed by atoms with E-state index in [-0.39, 0.29) is 34.7 Å². The molecular formula is C27H34N4O4S. The lowest BCUT2D eigenvalue weighted by molar-refractivity contribution is -0.123. The van der Waals surface area contributed by atoms with Crippen LogP contribution in [0.1, 0.15) is 78.0 Å². The smallest absolute Gasteiger partial charge is 0.348 e. The highest BCUT2D eigenvalue weighted by Crippen LogP contribution is 2.39. The van der Waals surface area contributed by atoms with Gasteiger partial charge in [-0.3, -0.25) is 9.59 Å². The first kappa shape index (κ1) is 25.9. The summed E-state index contributed by atoms with van der Waals surface area (Å²) in [6.45, 7) is 6.08. The van der Waals surface area contributed by atoms with Gasteiger partial charge < -0.3 is 19.9 Å². The Kier molecular flexibility index (Phi) is 7.78. The van der Waals surface area contributed by atoms with Gasteiger partial charge in [0.2, 0.25) is 5.91 Å². The Bertz CT molecular complexity index is 1200. The fourth-order valence-electron chi connectivity index (χ4n) is 4.94. The highest BCUT2D eigenvalue weighted by molar-refractivity contribution is 7.15. The number of carbonyl (C=O) groups excluding carboxylic acids is 2. The Labute approximate surface area is 215 Å². The van der Waals surface area contributed by atoms with Gasteiger partial charge in [-0.15, -0.1) is 11.3 Å². The number of hydrogen-bond donors (Lipinski definition) is 2. The van der Waals surface area contributed by atoms with E-state index in [2.05, 4.69) is 17.2 Å². The zero-order valence-corrected chi connectivity index (χ0v) is 22.0. The monoisotopic (exact) mass is 510 g/mol. The molecule has 1 saturated carbocycles. The van der Waals surface area contributed by atoms with Gasteiger partial charge >= 0.3 is 5.97 Å². The minimum Gasteiger partial charge on any atom is -0.477 e. The van der Waals surface area contributed by atoms with Gasteiger partial charge in [-0.05, 0) is 63.5 Å². The van der Waals surface area contributed by atoms with Gasteiger partial charge in [0.25, 0.3) is 5.91 Å². The van der Waals surface area contributed by atoms with Crippen LogP contribution in [0, 0.1) is 11.8 Å². The van der Waals surface area contributed by atoms with Gasteiger partial charge in [0.1, 0.15) is 4.88 Å². The van der Waals surface area contributed by atoms with Gasteiger partial charge in [-0.25, -0.2) is 9.78 Å². The van der Waals surface area contributed by atoms with Crippen LogP contribution in [0.4, 0.5) is 5.69 Å². The third-order valence-electron chi connectivity index (χ3n) is 7.01. The van der Waals surface area contributed by atoms with Gasteiger partial charge in [-0.2, -0.15) is 0 Å². The second-order valence-corrected chi connectivity index (χ2v) is 11.1. The van der Waals surface area contributed by atoms with E-state index in [4.69, 9.17) is 0 Å². The molecule has 0 bridgehead atoms. The van der Waals surface area contributed by atoms with Crippen molar-refractivity contribution in [3.63, 3.8) is 0 Å². The minimum absolute atomic E-state index is 0.0222. The van der Waals surface area contributed by atoms with Gasteiger partial charge in [0.15, 0.2) is 5.82 Å². The van der Waals surface area contributed by atoms with Crippen molar-refractivity contribution in [1.29, 1.82) is 0 Å². The molecule has 2 aliphatic rings. The van der Waals surface area contributed by atoms with Crippen LogP contribution in [0.25, 0.3) is 5.57 Å². The number of amides is 2. The van der Waals surface area contributed by atoms with Crippen LogP contribution < -0.4 is 10.2 Å². The lowest BCUT2D eigenvalue weighted by Crippen LogP contribution is -2.42. The van der Waals surface area contributed by atoms with E-state index >= 15 is 0 Å². The maximum atomic E-state index is 13.5. The third kappa shape index (κ3) is 5.46. The quantitative estimate of drug-likeness (QED) is 0.552. The summed E-state index contributed by atoms with van der Waals surface area (Å²) in [6, 6.07) is 1.50. The van der Waals surface area contributed by atoms with Crippen LogP contribution in [0.3, 0.4) is 0 Å². The molecule has 1 fully saturated rings. The van der Waals surface area contributed by atoms with Gasteiger partial charge in [-0.1, -0.05) is 25.2 Å². The van der Waals surface area contributed by atoms with Crippen molar-refractivity contribution in [2.75, 3.05) is 4.90 Å². The summed E-state index contributed by atoms with van der Waals surface area (Å²) in [5.41, 5.74) is 1.36. The minimum atomic E-state index is -1.03. The van der Waals surface area contributed by atoms with Crippen molar-refractivity contribution in [1.82, 2.24) is 14.9 Å². The lowest BCUT2D eigenvalue weighted by atomic mass is 9.82. The van der Waals surface area contributed by atoms with E-state index in [1.165, 1.54) is 11.3 Å². The van der Waals surface area contributed by atoms with Crippen molar-refractivity contribution in [2.24, 2.45) is 18.9 Å². The Hall–Kier alpha value is -3.20. The van der Waals surface area contributed by atoms with Crippen molar-refractivity contribution in [3.8, 4) is 0 Å². The Morgan fingerprint density at radius 1 is 1.22 bits per heavy atom. The highest BCUT2D eigenvalue weighted by Gasteiger charge is 2.33. The molecule has 1 atom stereocenters. The van der Waals surface area contributed by atoms with Crippen molar-refractivity contribution in [2.45, 2.75) is 65.0 Å². The Morgan fingerprint density at radius 3 is 2.50 bits per heavy atom. The van der Waals surface area contributed by atoms with E-state index < -0.39 is 5.97 Å². The van der Waals surface area contributed by atoms with Crippen molar-refractivity contribution >= 4 is 40.4 Å². The SMILES string of the molecule is CC(C)N(c1cc(C2=CCC(NC(=O)c3nccn3C)C=C2)sc1C(=O)O)C(=O)[C@H]1CC[C@H](C)CC1. The molecule has 0 spiro atoms. The van der Waals surface area contributed by atoms with E-state index in [1.807, 2.05) is 38.1 Å². The van der Waals surface area contributed by atoms with E-state index in [0.29, 0.717) is 23.9 Å². The zero-order chi connectivity index (χ0) is 26.0. The average molecular weight is 511 g/mol. The summed E-state index contributed by atoms with van der Waals surface area (Å²) >= 11 is 1.19. The molecule has 0 aliphatic heterocycles. The first-order valence-corrected chi connectivity index (χ1v) is 13.3. The zero-order valence-electron chi connectivity index (χ0n) is 21.2. The molecule has 0 aromatic carbocycles. The van der Waals surface area contributed by atoms with Crippen LogP contribution >= 0.6 is 11.3 Å². The number of aryl methyl sites for hydroxylation is 1. The number of aromatic nitrogens is 2. The molecular weight excluding hydrogens is 476 g/mol. The second-order valence-electron chi connectivity index (χ2n) is 10.1. The average Bonchev–Trinajstić information content (AvgIpc) is 3.47. The molecule has 2 N–H and O–H groups in total. The summed E-state index contributed by atoms with van der Waals surface area (Å²) in [5.74, 6) is -0.343. The lowest BCUT2D eigenvalue weighted by Gasteiger charge is -2.33. The van der Waals surface area contributed by atoms with Crippen LogP contribution in [0.5, 0.6) is 0 Å². The molecule has 2 aliphatic carbocycles. The number of imidazole rings is 1. The summed E-state index contributed by atoms with van der Waals surface area (Å²) in [4.78, 5) is 44.9.